The van der Waals surface area contributed by atoms with Gasteiger partial charge in [-0.05, 0) is 62.5 Å². The van der Waals surface area contributed by atoms with Crippen molar-refractivity contribution >= 4 is 58.9 Å². The summed E-state index contributed by atoms with van der Waals surface area (Å²) in [5.41, 5.74) is 6.96. The smallest absolute Gasteiger partial charge is 0.271 e. The van der Waals surface area contributed by atoms with Crippen molar-refractivity contribution in [2.24, 2.45) is 5.73 Å². The minimum atomic E-state index is -3.62. The lowest BCUT2D eigenvalue weighted by molar-refractivity contribution is 0.603. The lowest BCUT2D eigenvalue weighted by atomic mass is 10.3. The summed E-state index contributed by atoms with van der Waals surface area (Å²) in [4.78, 5) is 0.872. The van der Waals surface area contributed by atoms with Gasteiger partial charge in [0.05, 0.1) is 5.69 Å². The maximum atomic E-state index is 12.4. The van der Waals surface area contributed by atoms with Crippen molar-refractivity contribution in [1.82, 2.24) is 0 Å². The summed E-state index contributed by atoms with van der Waals surface area (Å²) < 4.78 is 29.0. The molecule has 1 aromatic heterocycles. The molecule has 0 unspecified atom stereocenters. The minimum absolute atomic E-state index is 0.262. The Morgan fingerprint density at radius 2 is 1.90 bits per heavy atom. The topological polar surface area (TPSA) is 72.2 Å². The van der Waals surface area contributed by atoms with Crippen LogP contribution in [0.1, 0.15) is 10.4 Å². The monoisotopic (exact) mass is 438 g/mol. The lowest BCUT2D eigenvalue weighted by Gasteiger charge is -2.10. The van der Waals surface area contributed by atoms with E-state index in [1.54, 1.807) is 18.2 Å². The Balaban J connectivity index is 2.41. The number of hydrogen-bond donors (Lipinski definition) is 2. The Kier molecular flexibility index (Phi) is 4.91. The van der Waals surface area contributed by atoms with E-state index in [1.807, 2.05) is 13.0 Å². The molecule has 0 saturated heterocycles. The molecule has 8 heteroatoms. The molecule has 0 fully saturated rings. The number of nitrogens with one attached hydrogen (secondary N) is 1. The van der Waals surface area contributed by atoms with Gasteiger partial charge < -0.3 is 5.73 Å². The van der Waals surface area contributed by atoms with Crippen molar-refractivity contribution in [3.05, 3.63) is 43.7 Å². The van der Waals surface area contributed by atoms with E-state index in [2.05, 4.69) is 36.6 Å². The normalized spacial score (nSPS) is 11.6. The van der Waals surface area contributed by atoms with E-state index in [4.69, 9.17) is 5.73 Å². The quantitative estimate of drug-likeness (QED) is 0.759. The number of halogens is 2. The van der Waals surface area contributed by atoms with E-state index in [-0.39, 0.29) is 4.21 Å². The zero-order chi connectivity index (χ0) is 14.9. The molecule has 20 heavy (non-hydrogen) atoms. The average Bonchev–Trinajstić information content (AvgIpc) is 2.76. The third kappa shape index (κ3) is 3.25. The molecular formula is C12H12Br2N2O2S2. The third-order valence-electron chi connectivity index (χ3n) is 2.65. The summed E-state index contributed by atoms with van der Waals surface area (Å²) in [6, 6.07) is 6.99. The number of sulfonamides is 1. The molecule has 0 amide bonds. The summed E-state index contributed by atoms with van der Waals surface area (Å²) in [7, 11) is -3.62. The maximum absolute atomic E-state index is 12.4. The minimum Gasteiger partial charge on any atom is -0.326 e. The van der Waals surface area contributed by atoms with Crippen molar-refractivity contribution in [2.45, 2.75) is 17.7 Å². The number of hydrogen-bond acceptors (Lipinski definition) is 4. The van der Waals surface area contributed by atoms with E-state index in [0.29, 0.717) is 21.2 Å². The van der Waals surface area contributed by atoms with Gasteiger partial charge in [-0.2, -0.15) is 0 Å². The third-order valence-corrected chi connectivity index (χ3v) is 7.05. The fourth-order valence-electron chi connectivity index (χ4n) is 1.60. The Bertz CT molecular complexity index is 722. The fraction of sp³-hybridized carbons (Fsp3) is 0.167. The van der Waals surface area contributed by atoms with Gasteiger partial charge in [-0.3, -0.25) is 4.72 Å². The zero-order valence-corrected chi connectivity index (χ0v) is 15.3. The molecule has 0 radical (unpaired) electrons. The van der Waals surface area contributed by atoms with Crippen molar-refractivity contribution in [3.8, 4) is 0 Å². The van der Waals surface area contributed by atoms with Crippen molar-refractivity contribution in [2.75, 3.05) is 4.72 Å². The summed E-state index contributed by atoms with van der Waals surface area (Å²) in [6.45, 7) is 2.19. The molecule has 2 aromatic rings. The average molecular weight is 440 g/mol. The van der Waals surface area contributed by atoms with Gasteiger partial charge in [-0.15, -0.1) is 11.3 Å². The molecule has 0 bridgehead atoms. The van der Waals surface area contributed by atoms with Gasteiger partial charge in [0.1, 0.15) is 4.21 Å². The number of aryl methyl sites for hydroxylation is 1. The number of thiophene rings is 1. The van der Waals surface area contributed by atoms with Gasteiger partial charge in [0.25, 0.3) is 10.0 Å². The van der Waals surface area contributed by atoms with E-state index in [9.17, 15) is 8.42 Å². The number of nitrogens with two attached hydrogens (primary N) is 1. The molecular weight excluding hydrogens is 428 g/mol. The molecule has 1 heterocycles. The second kappa shape index (κ2) is 6.15. The van der Waals surface area contributed by atoms with Gasteiger partial charge in [0.15, 0.2) is 0 Å². The largest absolute Gasteiger partial charge is 0.326 e. The highest BCUT2D eigenvalue weighted by Gasteiger charge is 2.20. The van der Waals surface area contributed by atoms with Gasteiger partial charge >= 0.3 is 0 Å². The van der Waals surface area contributed by atoms with Gasteiger partial charge in [0.2, 0.25) is 0 Å². The second-order valence-corrected chi connectivity index (χ2v) is 8.83. The van der Waals surface area contributed by atoms with Crippen LogP contribution in [-0.4, -0.2) is 8.42 Å². The predicted molar refractivity (Wildman–Crippen MR) is 89.6 cm³/mol. The molecule has 0 aliphatic carbocycles. The van der Waals surface area contributed by atoms with E-state index < -0.39 is 10.0 Å². The molecule has 0 saturated carbocycles. The Labute approximate surface area is 138 Å². The second-order valence-electron chi connectivity index (χ2n) is 4.08. The Morgan fingerprint density at radius 3 is 2.40 bits per heavy atom. The summed E-state index contributed by atoms with van der Waals surface area (Å²) in [5.74, 6) is 0. The first-order valence-electron chi connectivity index (χ1n) is 5.61. The highest BCUT2D eigenvalue weighted by molar-refractivity contribution is 9.11. The number of anilines is 1. The van der Waals surface area contributed by atoms with Crippen LogP contribution in [0.2, 0.25) is 0 Å². The molecule has 0 aliphatic heterocycles. The summed E-state index contributed by atoms with van der Waals surface area (Å²) >= 11 is 7.86. The highest BCUT2D eigenvalue weighted by atomic mass is 79.9. The molecule has 1 aromatic carbocycles. The lowest BCUT2D eigenvalue weighted by Crippen LogP contribution is -2.12. The molecule has 108 valence electrons. The maximum Gasteiger partial charge on any atom is 0.271 e. The van der Waals surface area contributed by atoms with E-state index in [0.717, 1.165) is 10.4 Å². The van der Waals surface area contributed by atoms with Gasteiger partial charge in [-0.1, -0.05) is 6.07 Å². The summed E-state index contributed by atoms with van der Waals surface area (Å²) in [6.07, 6.45) is 0. The fourth-order valence-corrected chi connectivity index (χ4v) is 5.63. The first-order chi connectivity index (χ1) is 9.35. The Morgan fingerprint density at radius 1 is 1.30 bits per heavy atom. The number of para-hydroxylation sites is 1. The molecule has 0 spiro atoms. The van der Waals surface area contributed by atoms with Crippen LogP contribution in [0, 0.1) is 6.92 Å². The van der Waals surface area contributed by atoms with Gasteiger partial charge in [0, 0.05) is 20.4 Å². The molecule has 0 atom stereocenters. The first-order valence-corrected chi connectivity index (χ1v) is 9.50. The van der Waals surface area contributed by atoms with Crippen LogP contribution >= 0.6 is 43.2 Å². The van der Waals surface area contributed by atoms with Crippen LogP contribution in [0.3, 0.4) is 0 Å². The Hall–Kier alpha value is -0.410. The number of rotatable bonds is 4. The molecule has 2 rings (SSSR count). The van der Waals surface area contributed by atoms with Crippen LogP contribution in [0.15, 0.2) is 37.4 Å². The van der Waals surface area contributed by atoms with Crippen LogP contribution in [-0.2, 0) is 16.6 Å². The van der Waals surface area contributed by atoms with Crippen LogP contribution in [0.25, 0.3) is 0 Å². The van der Waals surface area contributed by atoms with Crippen molar-refractivity contribution in [1.29, 1.82) is 0 Å². The molecule has 0 aliphatic rings. The van der Waals surface area contributed by atoms with Crippen LogP contribution < -0.4 is 10.5 Å². The van der Waals surface area contributed by atoms with Crippen molar-refractivity contribution in [3.63, 3.8) is 0 Å². The summed E-state index contributed by atoms with van der Waals surface area (Å²) in [5, 5.41) is 0. The van der Waals surface area contributed by atoms with E-state index in [1.165, 1.54) is 11.3 Å². The first kappa shape index (κ1) is 16.0. The molecule has 3 N–H and O–H groups in total. The molecule has 4 nitrogen and oxygen atoms in total. The SMILES string of the molecule is Cc1cc(S(=O)(=O)Nc2c(Br)cccc2Br)sc1CN. The van der Waals surface area contributed by atoms with Crippen LogP contribution in [0.5, 0.6) is 0 Å². The van der Waals surface area contributed by atoms with Crippen molar-refractivity contribution < 1.29 is 8.42 Å². The standard InChI is InChI=1S/C12H12Br2N2O2S2/c1-7-5-11(19-10(7)6-15)20(17,18)16-12-8(13)3-2-4-9(12)14/h2-5,16H,6,15H2,1H3. The number of benzene rings is 1. The van der Waals surface area contributed by atoms with Gasteiger partial charge in [-0.25, -0.2) is 8.42 Å². The highest BCUT2D eigenvalue weighted by Crippen LogP contribution is 2.34. The predicted octanol–water partition coefficient (Wildman–Crippen LogP) is 3.84. The van der Waals surface area contributed by atoms with Crippen LogP contribution in [0.4, 0.5) is 5.69 Å². The van der Waals surface area contributed by atoms with E-state index >= 15 is 0 Å². The zero-order valence-electron chi connectivity index (χ0n) is 10.5.